The quantitative estimate of drug-likeness (QED) is 0.0320. The molecule has 0 rings (SSSR count). The Morgan fingerprint density at radius 3 is 1.00 bits per heavy atom. The van der Waals surface area contributed by atoms with Crippen molar-refractivity contribution < 1.29 is 24.5 Å². The molecule has 6 heteroatoms. The first-order chi connectivity index (χ1) is 39.0. The smallest absolute Gasteiger partial charge is 0.305 e. The van der Waals surface area contributed by atoms with Crippen LogP contribution in [-0.2, 0) is 14.3 Å². The minimum absolute atomic E-state index is 0.00110. The van der Waals surface area contributed by atoms with Crippen molar-refractivity contribution in [1.82, 2.24) is 5.32 Å². The monoisotopic (exact) mass is 1110 g/mol. The van der Waals surface area contributed by atoms with Gasteiger partial charge in [-0.15, -0.1) is 0 Å². The molecule has 0 fully saturated rings. The summed E-state index contributed by atoms with van der Waals surface area (Å²) in [7, 11) is 0. The Hall–Kier alpha value is -1.92. The fraction of sp³-hybridized carbons (Fsp3) is 0.890. The average Bonchev–Trinajstić information content (AvgIpc) is 3.45. The van der Waals surface area contributed by atoms with Crippen molar-refractivity contribution >= 4 is 11.9 Å². The first kappa shape index (κ1) is 77.1. The summed E-state index contributed by atoms with van der Waals surface area (Å²) < 4.78 is 5.50. The van der Waals surface area contributed by atoms with Gasteiger partial charge in [0, 0.05) is 12.8 Å². The largest absolute Gasteiger partial charge is 0.466 e. The van der Waals surface area contributed by atoms with Gasteiger partial charge in [0.15, 0.2) is 0 Å². The minimum atomic E-state index is -0.673. The summed E-state index contributed by atoms with van der Waals surface area (Å²) in [5.74, 6) is -0.0394. The SMILES string of the molecule is CCCCC/C=C\C/C=C\CCCCCCCCCCCC(=O)OCCCCCCCCCC/C=C\CCCCCCCCCC(=O)NC(CO)C(O)CCCCCCCCCCCCCCCCCCCCCCCCCC. The molecule has 1 amide bonds. The first-order valence-corrected chi connectivity index (χ1v) is 35.7. The molecule has 0 saturated carbocycles. The predicted molar refractivity (Wildman–Crippen MR) is 347 cm³/mol. The van der Waals surface area contributed by atoms with Crippen molar-refractivity contribution in [1.29, 1.82) is 0 Å². The number of ether oxygens (including phenoxy) is 1. The van der Waals surface area contributed by atoms with E-state index in [0.717, 1.165) is 51.4 Å². The van der Waals surface area contributed by atoms with E-state index in [-0.39, 0.29) is 18.5 Å². The maximum absolute atomic E-state index is 12.6. The van der Waals surface area contributed by atoms with Crippen LogP contribution in [0.3, 0.4) is 0 Å². The van der Waals surface area contributed by atoms with Crippen LogP contribution in [0.2, 0.25) is 0 Å². The molecule has 0 radical (unpaired) electrons. The van der Waals surface area contributed by atoms with Gasteiger partial charge in [-0.2, -0.15) is 0 Å². The molecule has 0 aliphatic carbocycles. The van der Waals surface area contributed by atoms with Gasteiger partial charge in [0.25, 0.3) is 0 Å². The molecular weight excluding hydrogens is 971 g/mol. The molecule has 0 bridgehead atoms. The number of aliphatic hydroxyl groups excluding tert-OH is 2. The Kier molecular flexibility index (Phi) is 66.9. The van der Waals surface area contributed by atoms with Crippen LogP contribution in [0.25, 0.3) is 0 Å². The molecule has 0 heterocycles. The van der Waals surface area contributed by atoms with E-state index in [1.165, 1.54) is 308 Å². The lowest BCUT2D eigenvalue weighted by Crippen LogP contribution is -2.45. The molecule has 6 nitrogen and oxygen atoms in total. The summed E-state index contributed by atoms with van der Waals surface area (Å²) in [5.41, 5.74) is 0. The highest BCUT2D eigenvalue weighted by Gasteiger charge is 2.20. The maximum Gasteiger partial charge on any atom is 0.305 e. The molecule has 79 heavy (non-hydrogen) atoms. The van der Waals surface area contributed by atoms with Crippen LogP contribution in [0.1, 0.15) is 393 Å². The number of nitrogens with one attached hydrogen (secondary N) is 1. The van der Waals surface area contributed by atoms with Gasteiger partial charge in [-0.25, -0.2) is 0 Å². The van der Waals surface area contributed by atoms with Gasteiger partial charge in [-0.3, -0.25) is 9.59 Å². The number of carbonyl (C=O) groups is 2. The van der Waals surface area contributed by atoms with Crippen LogP contribution >= 0.6 is 0 Å². The fourth-order valence-electron chi connectivity index (χ4n) is 11.2. The highest BCUT2D eigenvalue weighted by Crippen LogP contribution is 2.19. The van der Waals surface area contributed by atoms with Crippen molar-refractivity contribution in [2.75, 3.05) is 13.2 Å². The number of hydrogen-bond donors (Lipinski definition) is 3. The maximum atomic E-state index is 12.6. The van der Waals surface area contributed by atoms with E-state index in [2.05, 4.69) is 55.6 Å². The normalized spacial score (nSPS) is 12.7. The van der Waals surface area contributed by atoms with Crippen LogP contribution in [0.5, 0.6) is 0 Å². The minimum Gasteiger partial charge on any atom is -0.466 e. The number of esters is 1. The zero-order valence-electron chi connectivity index (χ0n) is 53.4. The van der Waals surface area contributed by atoms with Crippen molar-refractivity contribution in [3.63, 3.8) is 0 Å². The fourth-order valence-corrected chi connectivity index (χ4v) is 11.2. The van der Waals surface area contributed by atoms with Crippen molar-refractivity contribution in [2.45, 2.75) is 405 Å². The van der Waals surface area contributed by atoms with Gasteiger partial charge in [0.2, 0.25) is 5.91 Å². The van der Waals surface area contributed by atoms with E-state index in [0.29, 0.717) is 25.9 Å². The summed E-state index contributed by atoms with van der Waals surface area (Å²) in [4.78, 5) is 24.7. The van der Waals surface area contributed by atoms with Gasteiger partial charge in [-0.1, -0.05) is 333 Å². The van der Waals surface area contributed by atoms with Crippen LogP contribution in [0.15, 0.2) is 36.5 Å². The van der Waals surface area contributed by atoms with Crippen LogP contribution in [0.4, 0.5) is 0 Å². The number of unbranched alkanes of at least 4 members (excludes halogenated alkanes) is 50. The van der Waals surface area contributed by atoms with E-state index < -0.39 is 12.1 Å². The second-order valence-corrected chi connectivity index (χ2v) is 24.6. The number of amides is 1. The number of rotatable bonds is 67. The number of allylic oxidation sites excluding steroid dienone is 6. The third kappa shape index (κ3) is 65.1. The summed E-state index contributed by atoms with van der Waals surface area (Å²) in [6.07, 6.45) is 87.5. The summed E-state index contributed by atoms with van der Waals surface area (Å²) in [6.45, 7) is 4.95. The van der Waals surface area contributed by atoms with E-state index in [1.54, 1.807) is 0 Å². The van der Waals surface area contributed by atoms with Gasteiger partial charge in [-0.05, 0) is 83.5 Å². The first-order valence-electron chi connectivity index (χ1n) is 35.7. The highest BCUT2D eigenvalue weighted by atomic mass is 16.5. The zero-order chi connectivity index (χ0) is 57.1. The lowest BCUT2D eigenvalue weighted by molar-refractivity contribution is -0.143. The Morgan fingerprint density at radius 1 is 0.354 bits per heavy atom. The predicted octanol–water partition coefficient (Wildman–Crippen LogP) is 23.1. The summed E-state index contributed by atoms with van der Waals surface area (Å²) in [6, 6.07) is -0.551. The van der Waals surface area contributed by atoms with Crippen molar-refractivity contribution in [2.24, 2.45) is 0 Å². The number of hydrogen-bond acceptors (Lipinski definition) is 5. The van der Waals surface area contributed by atoms with E-state index in [9.17, 15) is 19.8 Å². The lowest BCUT2D eigenvalue weighted by Gasteiger charge is -2.22. The third-order valence-corrected chi connectivity index (χ3v) is 16.7. The van der Waals surface area contributed by atoms with Crippen molar-refractivity contribution in [3.8, 4) is 0 Å². The third-order valence-electron chi connectivity index (χ3n) is 16.7. The molecule has 0 aliphatic heterocycles. The average molecular weight is 1110 g/mol. The van der Waals surface area contributed by atoms with Crippen LogP contribution in [0, 0.1) is 0 Å². The molecule has 0 aliphatic rings. The molecule has 2 unspecified atom stereocenters. The molecule has 2 atom stereocenters. The lowest BCUT2D eigenvalue weighted by atomic mass is 10.0. The second-order valence-electron chi connectivity index (χ2n) is 24.6. The Labute approximate surface area is 494 Å². The zero-order valence-corrected chi connectivity index (χ0v) is 53.4. The second kappa shape index (κ2) is 68.6. The Bertz CT molecular complexity index is 1280. The summed E-state index contributed by atoms with van der Waals surface area (Å²) >= 11 is 0. The molecule has 0 spiro atoms. The topological polar surface area (TPSA) is 95.9 Å². The van der Waals surface area contributed by atoms with Crippen LogP contribution in [-0.4, -0.2) is 47.4 Å². The molecular formula is C73H139NO5. The standard InChI is InChI=1S/C73H139NO5/c1-3-5-7-9-11-13-15-17-19-21-23-24-25-26-27-30-33-37-41-45-49-53-57-61-65-71(76)70(69-75)74-72(77)66-62-58-54-50-46-42-38-34-31-28-32-36-40-44-48-52-56-60-64-68-79-73(78)67-63-59-55-51-47-43-39-35-29-22-20-18-16-14-12-10-8-6-4-2/h12,14,18,20,28,31,70-71,75-76H,3-11,13,15-17,19,21-27,29-30,32-69H2,1-2H3,(H,74,77)/b14-12-,20-18-,31-28-. The molecule has 466 valence electrons. The van der Waals surface area contributed by atoms with E-state index in [4.69, 9.17) is 4.74 Å². The van der Waals surface area contributed by atoms with Gasteiger partial charge >= 0.3 is 5.97 Å². The molecule has 0 saturated heterocycles. The molecule has 0 aromatic heterocycles. The number of aliphatic hydroxyl groups is 2. The van der Waals surface area contributed by atoms with Gasteiger partial charge in [0.1, 0.15) is 0 Å². The molecule has 3 N–H and O–H groups in total. The Morgan fingerprint density at radius 2 is 0.633 bits per heavy atom. The number of carbonyl (C=O) groups excluding carboxylic acids is 2. The highest BCUT2D eigenvalue weighted by molar-refractivity contribution is 5.76. The van der Waals surface area contributed by atoms with Gasteiger partial charge < -0.3 is 20.3 Å². The Balaban J connectivity index is 3.42. The van der Waals surface area contributed by atoms with Crippen molar-refractivity contribution in [3.05, 3.63) is 36.5 Å². The van der Waals surface area contributed by atoms with E-state index >= 15 is 0 Å². The van der Waals surface area contributed by atoms with Gasteiger partial charge in [0.05, 0.1) is 25.4 Å². The van der Waals surface area contributed by atoms with E-state index in [1.807, 2.05) is 0 Å². The van der Waals surface area contributed by atoms with Crippen LogP contribution < -0.4 is 5.32 Å². The molecule has 0 aromatic carbocycles. The molecule has 0 aromatic rings. The summed E-state index contributed by atoms with van der Waals surface area (Å²) in [5, 5.41) is 23.4.